The van der Waals surface area contributed by atoms with E-state index < -0.39 is 11.7 Å². The maximum absolute atomic E-state index is 12.8. The number of alkyl halides is 3. The molecule has 0 radical (unpaired) electrons. The first-order valence-electron chi connectivity index (χ1n) is 6.67. The summed E-state index contributed by atoms with van der Waals surface area (Å²) in [6.45, 7) is 1.22. The van der Waals surface area contributed by atoms with E-state index in [1.807, 2.05) is 0 Å². The van der Waals surface area contributed by atoms with Crippen LogP contribution in [0.25, 0.3) is 0 Å². The van der Waals surface area contributed by atoms with Gasteiger partial charge in [0.25, 0.3) is 0 Å². The number of nitrogens with two attached hydrogens (primary N) is 1. The van der Waals surface area contributed by atoms with Crippen molar-refractivity contribution in [1.82, 2.24) is 4.98 Å². The number of ether oxygens (including phenoxy) is 1. The summed E-state index contributed by atoms with van der Waals surface area (Å²) >= 11 is 0. The van der Waals surface area contributed by atoms with Crippen molar-refractivity contribution in [2.75, 3.05) is 31.0 Å². The maximum Gasteiger partial charge on any atom is 0.416 e. The van der Waals surface area contributed by atoms with Crippen molar-refractivity contribution < 1.29 is 17.9 Å². The average Bonchev–Trinajstić information content (AvgIpc) is 3.22. The van der Waals surface area contributed by atoms with Gasteiger partial charge in [0.2, 0.25) is 0 Å². The summed E-state index contributed by atoms with van der Waals surface area (Å²) in [5.74, 6) is 5.32. The zero-order valence-corrected chi connectivity index (χ0v) is 11.8. The van der Waals surface area contributed by atoms with Gasteiger partial charge in [-0.2, -0.15) is 13.2 Å². The van der Waals surface area contributed by atoms with E-state index in [1.54, 1.807) is 7.11 Å². The number of pyridine rings is 1. The molecule has 0 aromatic carbocycles. The predicted octanol–water partition coefficient (Wildman–Crippen LogP) is 2.61. The first-order valence-corrected chi connectivity index (χ1v) is 6.67. The highest BCUT2D eigenvalue weighted by molar-refractivity contribution is 5.49. The molecule has 4 N–H and O–H groups in total. The normalized spacial score (nSPS) is 16.6. The lowest BCUT2D eigenvalue weighted by Gasteiger charge is -2.17. The molecule has 1 heterocycles. The van der Waals surface area contributed by atoms with Gasteiger partial charge in [0.05, 0.1) is 5.56 Å². The van der Waals surface area contributed by atoms with Gasteiger partial charge in [-0.05, 0) is 36.8 Å². The van der Waals surface area contributed by atoms with Crippen LogP contribution in [0.3, 0.4) is 0 Å². The molecule has 1 aliphatic rings. The number of hydrogen-bond acceptors (Lipinski definition) is 5. The van der Waals surface area contributed by atoms with Gasteiger partial charge in [0.1, 0.15) is 11.6 Å². The van der Waals surface area contributed by atoms with Crippen LogP contribution in [0.1, 0.15) is 24.8 Å². The summed E-state index contributed by atoms with van der Waals surface area (Å²) in [6.07, 6.45) is -1.45. The Hall–Kier alpha value is -1.54. The fraction of sp³-hybridized carbons (Fsp3) is 0.615. The van der Waals surface area contributed by atoms with Gasteiger partial charge >= 0.3 is 6.18 Å². The van der Waals surface area contributed by atoms with Crippen LogP contribution in [0, 0.1) is 5.41 Å². The van der Waals surface area contributed by atoms with Crippen LogP contribution in [0.4, 0.5) is 24.8 Å². The minimum absolute atomic E-state index is 0.0194. The largest absolute Gasteiger partial charge is 0.416 e. The van der Waals surface area contributed by atoms with Crippen LogP contribution in [0.15, 0.2) is 12.1 Å². The number of hydrazine groups is 1. The van der Waals surface area contributed by atoms with Crippen molar-refractivity contribution in [3.63, 3.8) is 0 Å². The van der Waals surface area contributed by atoms with Gasteiger partial charge in [0.15, 0.2) is 0 Å². The first-order chi connectivity index (χ1) is 9.88. The van der Waals surface area contributed by atoms with Crippen LogP contribution in [0.2, 0.25) is 0 Å². The lowest BCUT2D eigenvalue weighted by atomic mass is 10.0. The molecule has 0 amide bonds. The van der Waals surface area contributed by atoms with E-state index in [0.717, 1.165) is 31.4 Å². The van der Waals surface area contributed by atoms with Crippen LogP contribution in [-0.2, 0) is 10.9 Å². The molecule has 1 aromatic rings. The van der Waals surface area contributed by atoms with Gasteiger partial charge < -0.3 is 15.5 Å². The van der Waals surface area contributed by atoms with Gasteiger partial charge in [-0.3, -0.25) is 0 Å². The van der Waals surface area contributed by atoms with Crippen LogP contribution < -0.4 is 16.6 Å². The highest BCUT2D eigenvalue weighted by atomic mass is 19.4. The summed E-state index contributed by atoms with van der Waals surface area (Å²) in [4.78, 5) is 4.00. The van der Waals surface area contributed by atoms with E-state index in [4.69, 9.17) is 10.6 Å². The second kappa shape index (κ2) is 6.07. The molecule has 0 aliphatic heterocycles. The predicted molar refractivity (Wildman–Crippen MR) is 73.7 cm³/mol. The second-order valence-corrected chi connectivity index (χ2v) is 5.36. The van der Waals surface area contributed by atoms with Gasteiger partial charge in [-0.15, -0.1) is 0 Å². The van der Waals surface area contributed by atoms with Crippen molar-refractivity contribution in [3.05, 3.63) is 17.7 Å². The van der Waals surface area contributed by atoms with Crippen molar-refractivity contribution in [3.8, 4) is 0 Å². The minimum Gasteiger partial charge on any atom is -0.385 e. The number of nitrogens with one attached hydrogen (secondary N) is 2. The highest BCUT2D eigenvalue weighted by Gasteiger charge is 2.42. The SMILES string of the molecule is COCCC1(CNc2cc(C(F)(F)F)cc(NN)n2)CC1. The van der Waals surface area contributed by atoms with E-state index in [-0.39, 0.29) is 17.1 Å². The van der Waals surface area contributed by atoms with Crippen LogP contribution >= 0.6 is 0 Å². The van der Waals surface area contributed by atoms with Crippen molar-refractivity contribution in [2.24, 2.45) is 11.3 Å². The molecule has 1 aromatic heterocycles. The molecule has 0 bridgehead atoms. The number of halogens is 3. The zero-order chi connectivity index (χ0) is 15.5. The number of nitrogen functional groups attached to an aromatic ring is 1. The molecule has 2 rings (SSSR count). The third-order valence-electron chi connectivity index (χ3n) is 3.74. The Labute approximate surface area is 121 Å². The number of anilines is 2. The highest BCUT2D eigenvalue weighted by Crippen LogP contribution is 2.48. The summed E-state index contributed by atoms with van der Waals surface area (Å²) in [7, 11) is 1.64. The van der Waals surface area contributed by atoms with Crippen LogP contribution in [0.5, 0.6) is 0 Å². The molecule has 0 atom stereocenters. The number of nitrogens with zero attached hydrogens (tertiary/aromatic N) is 1. The van der Waals surface area contributed by atoms with E-state index in [2.05, 4.69) is 15.7 Å². The molecule has 5 nitrogen and oxygen atoms in total. The third-order valence-corrected chi connectivity index (χ3v) is 3.74. The number of methoxy groups -OCH3 is 1. The summed E-state index contributed by atoms with van der Waals surface area (Å²) in [5.41, 5.74) is 1.49. The topological polar surface area (TPSA) is 72.2 Å². The molecule has 1 saturated carbocycles. The smallest absolute Gasteiger partial charge is 0.385 e. The van der Waals surface area contributed by atoms with Crippen molar-refractivity contribution >= 4 is 11.6 Å². The second-order valence-electron chi connectivity index (χ2n) is 5.36. The van der Waals surface area contributed by atoms with Gasteiger partial charge in [0, 0.05) is 20.3 Å². The quantitative estimate of drug-likeness (QED) is 0.533. The Morgan fingerprint density at radius 2 is 2.00 bits per heavy atom. The summed E-state index contributed by atoms with van der Waals surface area (Å²) < 4.78 is 43.4. The fourth-order valence-electron chi connectivity index (χ4n) is 2.15. The Balaban J connectivity index is 2.06. The molecule has 0 unspecified atom stereocenters. The molecule has 1 aliphatic carbocycles. The van der Waals surface area contributed by atoms with E-state index in [1.165, 1.54) is 0 Å². The van der Waals surface area contributed by atoms with E-state index in [0.29, 0.717) is 13.2 Å². The Kier molecular flexibility index (Phi) is 4.58. The lowest BCUT2D eigenvalue weighted by molar-refractivity contribution is -0.137. The monoisotopic (exact) mass is 304 g/mol. The molecular weight excluding hydrogens is 285 g/mol. The zero-order valence-electron chi connectivity index (χ0n) is 11.8. The van der Waals surface area contributed by atoms with Crippen molar-refractivity contribution in [2.45, 2.75) is 25.4 Å². The van der Waals surface area contributed by atoms with Gasteiger partial charge in [-0.1, -0.05) is 0 Å². The molecule has 118 valence electrons. The summed E-state index contributed by atoms with van der Waals surface area (Å²) in [6, 6.07) is 1.87. The number of hydrogen-bond donors (Lipinski definition) is 3. The standard InChI is InChI=1S/C13H19F3N4O/c1-21-5-4-12(2-3-12)8-18-10-6-9(13(14,15)16)7-11(19-10)20-17/h6-7H,2-5,8,17H2,1H3,(H2,18,19,20). The molecule has 1 fully saturated rings. The minimum atomic E-state index is -4.43. The molecular formula is C13H19F3N4O. The van der Waals surface area contributed by atoms with Crippen LogP contribution in [-0.4, -0.2) is 25.2 Å². The van der Waals surface area contributed by atoms with E-state index in [9.17, 15) is 13.2 Å². The summed E-state index contributed by atoms with van der Waals surface area (Å²) in [5, 5.41) is 2.98. The first kappa shape index (κ1) is 15.8. The molecule has 21 heavy (non-hydrogen) atoms. The Bertz CT molecular complexity index is 489. The molecule has 0 spiro atoms. The Morgan fingerprint density at radius 1 is 1.33 bits per heavy atom. The van der Waals surface area contributed by atoms with Gasteiger partial charge in [-0.25, -0.2) is 10.8 Å². The number of aromatic nitrogens is 1. The lowest BCUT2D eigenvalue weighted by Crippen LogP contribution is -2.19. The Morgan fingerprint density at radius 3 is 2.52 bits per heavy atom. The fourth-order valence-corrected chi connectivity index (χ4v) is 2.15. The number of rotatable bonds is 7. The average molecular weight is 304 g/mol. The van der Waals surface area contributed by atoms with Crippen molar-refractivity contribution in [1.29, 1.82) is 0 Å². The van der Waals surface area contributed by atoms with E-state index >= 15 is 0 Å². The third kappa shape index (κ3) is 4.21. The maximum atomic E-state index is 12.8. The molecule has 0 saturated heterocycles. The molecule has 8 heteroatoms.